The fraction of sp³-hybridized carbons (Fsp3) is 1.00. The van der Waals surface area contributed by atoms with Gasteiger partial charge in [-0.1, -0.05) is 19.3 Å². The van der Waals surface area contributed by atoms with Crippen molar-refractivity contribution in [1.82, 2.24) is 0 Å². The number of aliphatic hydroxyl groups is 1. The van der Waals surface area contributed by atoms with Crippen molar-refractivity contribution in [1.29, 1.82) is 0 Å². The molecular weight excluding hydrogens is 168 g/mol. The molecule has 0 radical (unpaired) electrons. The molecule has 1 aliphatic carbocycles. The van der Waals surface area contributed by atoms with Crippen LogP contribution in [0.5, 0.6) is 0 Å². The third-order valence-corrected chi connectivity index (χ3v) is 2.38. The van der Waals surface area contributed by atoms with Crippen molar-refractivity contribution < 1.29 is 14.6 Å². The Hall–Kier alpha value is -0.120. The maximum Gasteiger partial charge on any atom is 0.155 e. The van der Waals surface area contributed by atoms with Gasteiger partial charge in [-0.15, -0.1) is 0 Å². The molecule has 1 fully saturated rings. The van der Waals surface area contributed by atoms with E-state index in [-0.39, 0.29) is 12.9 Å². The zero-order chi connectivity index (χ0) is 9.52. The molecule has 1 atom stereocenters. The largest absolute Gasteiger partial charge is 0.394 e. The minimum absolute atomic E-state index is 0.0678. The van der Waals surface area contributed by atoms with Gasteiger partial charge in [0, 0.05) is 0 Å². The van der Waals surface area contributed by atoms with E-state index >= 15 is 0 Å². The SMILES string of the molecule is CC(OCCO)OC1CCCCC1. The molecule has 13 heavy (non-hydrogen) atoms. The summed E-state index contributed by atoms with van der Waals surface area (Å²) in [6.07, 6.45) is 6.41. The minimum atomic E-state index is -0.171. The first kappa shape index (κ1) is 11.0. The molecule has 0 aromatic heterocycles. The van der Waals surface area contributed by atoms with Gasteiger partial charge in [-0.25, -0.2) is 0 Å². The van der Waals surface area contributed by atoms with Crippen molar-refractivity contribution >= 4 is 0 Å². The van der Waals surface area contributed by atoms with Gasteiger partial charge in [0.15, 0.2) is 6.29 Å². The summed E-state index contributed by atoms with van der Waals surface area (Å²) in [5.74, 6) is 0. The minimum Gasteiger partial charge on any atom is -0.394 e. The quantitative estimate of drug-likeness (QED) is 0.667. The third kappa shape index (κ3) is 4.60. The van der Waals surface area contributed by atoms with E-state index in [1.807, 2.05) is 6.92 Å². The van der Waals surface area contributed by atoms with E-state index in [4.69, 9.17) is 14.6 Å². The first-order chi connectivity index (χ1) is 6.33. The van der Waals surface area contributed by atoms with Crippen LogP contribution in [-0.4, -0.2) is 30.7 Å². The molecule has 0 amide bonds. The lowest BCUT2D eigenvalue weighted by atomic mass is 9.98. The lowest BCUT2D eigenvalue weighted by Gasteiger charge is -2.25. The Labute approximate surface area is 80.0 Å². The van der Waals surface area contributed by atoms with E-state index in [9.17, 15) is 0 Å². The highest BCUT2D eigenvalue weighted by Gasteiger charge is 2.16. The summed E-state index contributed by atoms with van der Waals surface area (Å²) in [6.45, 7) is 2.33. The van der Waals surface area contributed by atoms with Crippen LogP contribution in [0.1, 0.15) is 39.0 Å². The molecule has 1 saturated carbocycles. The first-order valence-corrected chi connectivity index (χ1v) is 5.21. The van der Waals surface area contributed by atoms with Gasteiger partial charge in [0.2, 0.25) is 0 Å². The Morgan fingerprint density at radius 3 is 2.62 bits per heavy atom. The van der Waals surface area contributed by atoms with Crippen LogP contribution in [0.4, 0.5) is 0 Å². The summed E-state index contributed by atoms with van der Waals surface area (Å²) >= 11 is 0. The van der Waals surface area contributed by atoms with Crippen LogP contribution < -0.4 is 0 Å². The molecule has 3 heteroatoms. The van der Waals surface area contributed by atoms with E-state index in [0.29, 0.717) is 12.7 Å². The second kappa shape index (κ2) is 6.35. The number of aliphatic hydroxyl groups excluding tert-OH is 1. The average Bonchev–Trinajstić information content (AvgIpc) is 2.16. The molecule has 0 bridgehead atoms. The van der Waals surface area contributed by atoms with Crippen molar-refractivity contribution in [2.75, 3.05) is 13.2 Å². The summed E-state index contributed by atoms with van der Waals surface area (Å²) in [6, 6.07) is 0. The Bertz CT molecular complexity index is 121. The van der Waals surface area contributed by atoms with Crippen molar-refractivity contribution in [3.63, 3.8) is 0 Å². The van der Waals surface area contributed by atoms with Gasteiger partial charge in [-0.05, 0) is 19.8 Å². The Morgan fingerprint density at radius 2 is 2.00 bits per heavy atom. The van der Waals surface area contributed by atoms with Crippen LogP contribution in [0.15, 0.2) is 0 Å². The van der Waals surface area contributed by atoms with E-state index < -0.39 is 0 Å². The van der Waals surface area contributed by atoms with Crippen molar-refractivity contribution in [3.05, 3.63) is 0 Å². The summed E-state index contributed by atoms with van der Waals surface area (Å²) in [5.41, 5.74) is 0. The molecule has 1 aliphatic rings. The van der Waals surface area contributed by atoms with Crippen LogP contribution in [0.3, 0.4) is 0 Å². The van der Waals surface area contributed by atoms with Gasteiger partial charge in [0.25, 0.3) is 0 Å². The van der Waals surface area contributed by atoms with E-state index in [1.165, 1.54) is 19.3 Å². The fourth-order valence-electron chi connectivity index (χ4n) is 1.73. The molecule has 1 rings (SSSR count). The van der Waals surface area contributed by atoms with Crippen LogP contribution in [0, 0.1) is 0 Å². The predicted molar refractivity (Wildman–Crippen MR) is 50.5 cm³/mol. The first-order valence-electron chi connectivity index (χ1n) is 5.21. The predicted octanol–water partition coefficient (Wildman–Crippen LogP) is 1.69. The zero-order valence-corrected chi connectivity index (χ0v) is 8.37. The van der Waals surface area contributed by atoms with Crippen LogP contribution in [-0.2, 0) is 9.47 Å². The monoisotopic (exact) mass is 188 g/mol. The Morgan fingerprint density at radius 1 is 1.31 bits per heavy atom. The number of rotatable bonds is 5. The van der Waals surface area contributed by atoms with Gasteiger partial charge in [0.1, 0.15) is 0 Å². The fourth-order valence-corrected chi connectivity index (χ4v) is 1.73. The summed E-state index contributed by atoms with van der Waals surface area (Å²) < 4.78 is 10.9. The highest BCUT2D eigenvalue weighted by Crippen LogP contribution is 2.21. The summed E-state index contributed by atoms with van der Waals surface area (Å²) in [5, 5.41) is 8.54. The maximum absolute atomic E-state index is 8.54. The number of ether oxygens (including phenoxy) is 2. The second-order valence-electron chi connectivity index (χ2n) is 3.56. The van der Waals surface area contributed by atoms with Gasteiger partial charge in [0.05, 0.1) is 19.3 Å². The molecule has 0 heterocycles. The zero-order valence-electron chi connectivity index (χ0n) is 8.37. The Balaban J connectivity index is 2.07. The van der Waals surface area contributed by atoms with Crippen molar-refractivity contribution in [2.45, 2.75) is 51.4 Å². The molecule has 0 saturated heterocycles. The lowest BCUT2D eigenvalue weighted by Crippen LogP contribution is -2.25. The van der Waals surface area contributed by atoms with Gasteiger partial charge >= 0.3 is 0 Å². The third-order valence-electron chi connectivity index (χ3n) is 2.38. The molecule has 78 valence electrons. The molecular formula is C10H20O3. The van der Waals surface area contributed by atoms with Crippen LogP contribution in [0.2, 0.25) is 0 Å². The molecule has 1 unspecified atom stereocenters. The normalized spacial score (nSPS) is 21.7. The standard InChI is InChI=1S/C10H20O3/c1-9(12-8-7-11)13-10-5-3-2-4-6-10/h9-11H,2-8H2,1H3. The average molecular weight is 188 g/mol. The van der Waals surface area contributed by atoms with Crippen molar-refractivity contribution in [2.24, 2.45) is 0 Å². The summed E-state index contributed by atoms with van der Waals surface area (Å²) in [4.78, 5) is 0. The molecule has 1 N–H and O–H groups in total. The number of hydrogen-bond donors (Lipinski definition) is 1. The van der Waals surface area contributed by atoms with E-state index in [1.54, 1.807) is 0 Å². The maximum atomic E-state index is 8.54. The van der Waals surface area contributed by atoms with E-state index in [2.05, 4.69) is 0 Å². The summed E-state index contributed by atoms with van der Waals surface area (Å²) in [7, 11) is 0. The number of hydrogen-bond acceptors (Lipinski definition) is 3. The van der Waals surface area contributed by atoms with E-state index in [0.717, 1.165) is 12.8 Å². The van der Waals surface area contributed by atoms with Gasteiger partial charge in [-0.2, -0.15) is 0 Å². The van der Waals surface area contributed by atoms with Crippen LogP contribution in [0.25, 0.3) is 0 Å². The molecule has 0 aromatic carbocycles. The second-order valence-corrected chi connectivity index (χ2v) is 3.56. The van der Waals surface area contributed by atoms with Crippen molar-refractivity contribution in [3.8, 4) is 0 Å². The van der Waals surface area contributed by atoms with Gasteiger partial charge in [-0.3, -0.25) is 0 Å². The highest BCUT2D eigenvalue weighted by molar-refractivity contribution is 4.65. The molecule has 0 spiro atoms. The smallest absolute Gasteiger partial charge is 0.155 e. The van der Waals surface area contributed by atoms with Gasteiger partial charge < -0.3 is 14.6 Å². The highest BCUT2D eigenvalue weighted by atomic mass is 16.7. The Kier molecular flexibility index (Phi) is 5.35. The van der Waals surface area contributed by atoms with Crippen LogP contribution >= 0.6 is 0 Å². The molecule has 0 aromatic rings. The lowest BCUT2D eigenvalue weighted by molar-refractivity contribution is -0.169. The molecule has 3 nitrogen and oxygen atoms in total. The molecule has 0 aliphatic heterocycles. The topological polar surface area (TPSA) is 38.7 Å².